The highest BCUT2D eigenvalue weighted by molar-refractivity contribution is 6.45. The standard InChI is InChI=1S/C13H19N3O5/c1-8(2)16-12(19)11(18)15(13(16)20)7-10(17)14-6-9-4-3-5-21-9/h8-9H,3-7H2,1-2H3,(H,14,17)/t9-/m1/s1. The van der Waals surface area contributed by atoms with Crippen molar-refractivity contribution in [1.82, 2.24) is 15.1 Å². The lowest BCUT2D eigenvalue weighted by atomic mass is 10.2. The number of imide groups is 2. The van der Waals surface area contributed by atoms with E-state index in [1.165, 1.54) is 0 Å². The van der Waals surface area contributed by atoms with Crippen LogP contribution in [0, 0.1) is 0 Å². The fourth-order valence-corrected chi connectivity index (χ4v) is 2.35. The lowest BCUT2D eigenvalue weighted by molar-refractivity contribution is -0.144. The van der Waals surface area contributed by atoms with Crippen molar-refractivity contribution in [3.05, 3.63) is 0 Å². The van der Waals surface area contributed by atoms with E-state index in [0.29, 0.717) is 18.1 Å². The van der Waals surface area contributed by atoms with Crippen LogP contribution in [0.5, 0.6) is 0 Å². The topological polar surface area (TPSA) is 96.0 Å². The Morgan fingerprint density at radius 2 is 2.05 bits per heavy atom. The molecule has 0 saturated carbocycles. The second-order valence-electron chi connectivity index (χ2n) is 5.38. The molecule has 2 aliphatic rings. The van der Waals surface area contributed by atoms with Crippen LogP contribution in [-0.4, -0.2) is 65.4 Å². The number of ether oxygens (including phenoxy) is 1. The van der Waals surface area contributed by atoms with Crippen molar-refractivity contribution in [1.29, 1.82) is 0 Å². The van der Waals surface area contributed by atoms with Crippen molar-refractivity contribution in [3.63, 3.8) is 0 Å². The quantitative estimate of drug-likeness (QED) is 0.544. The summed E-state index contributed by atoms with van der Waals surface area (Å²) in [4.78, 5) is 48.7. The Kier molecular flexibility index (Phi) is 4.56. The molecule has 0 radical (unpaired) electrons. The van der Waals surface area contributed by atoms with Gasteiger partial charge < -0.3 is 10.1 Å². The van der Waals surface area contributed by atoms with Crippen LogP contribution < -0.4 is 5.32 Å². The molecule has 2 fully saturated rings. The van der Waals surface area contributed by atoms with E-state index in [1.807, 2.05) is 0 Å². The van der Waals surface area contributed by atoms with E-state index < -0.39 is 36.3 Å². The first-order valence-corrected chi connectivity index (χ1v) is 6.99. The molecule has 21 heavy (non-hydrogen) atoms. The monoisotopic (exact) mass is 297 g/mol. The molecule has 1 atom stereocenters. The van der Waals surface area contributed by atoms with E-state index in [2.05, 4.69) is 5.32 Å². The summed E-state index contributed by atoms with van der Waals surface area (Å²) in [5, 5.41) is 2.61. The van der Waals surface area contributed by atoms with E-state index >= 15 is 0 Å². The van der Waals surface area contributed by atoms with Crippen LogP contribution in [0.15, 0.2) is 0 Å². The molecule has 5 amide bonds. The molecule has 2 saturated heterocycles. The third-order valence-corrected chi connectivity index (χ3v) is 3.45. The fourth-order valence-electron chi connectivity index (χ4n) is 2.35. The molecule has 1 N–H and O–H groups in total. The molecule has 116 valence electrons. The molecule has 0 aromatic rings. The SMILES string of the molecule is CC(C)N1C(=O)C(=O)N(CC(=O)NC[C@H]2CCCO2)C1=O. The normalized spacial score (nSPS) is 22.6. The highest BCUT2D eigenvalue weighted by atomic mass is 16.5. The van der Waals surface area contributed by atoms with Gasteiger partial charge in [-0.1, -0.05) is 0 Å². The maximum Gasteiger partial charge on any atom is 0.334 e. The van der Waals surface area contributed by atoms with Crippen molar-refractivity contribution in [2.45, 2.75) is 38.8 Å². The van der Waals surface area contributed by atoms with Gasteiger partial charge in [-0.05, 0) is 26.7 Å². The van der Waals surface area contributed by atoms with Crippen molar-refractivity contribution in [3.8, 4) is 0 Å². The van der Waals surface area contributed by atoms with Gasteiger partial charge in [-0.15, -0.1) is 0 Å². The number of carbonyl (C=O) groups excluding carboxylic acids is 4. The number of nitrogens with zero attached hydrogens (tertiary/aromatic N) is 2. The van der Waals surface area contributed by atoms with Gasteiger partial charge in [0.1, 0.15) is 6.54 Å². The Bertz CT molecular complexity index is 470. The van der Waals surface area contributed by atoms with Crippen LogP contribution in [-0.2, 0) is 19.1 Å². The zero-order chi connectivity index (χ0) is 15.6. The zero-order valence-corrected chi connectivity index (χ0v) is 12.1. The number of carbonyl (C=O) groups is 4. The molecule has 2 aliphatic heterocycles. The molecule has 2 rings (SSSR count). The first kappa shape index (κ1) is 15.4. The molecule has 0 aromatic heterocycles. The molecule has 8 heteroatoms. The Balaban J connectivity index is 1.89. The van der Waals surface area contributed by atoms with Gasteiger partial charge in [0, 0.05) is 19.2 Å². The van der Waals surface area contributed by atoms with Crippen LogP contribution >= 0.6 is 0 Å². The summed E-state index contributed by atoms with van der Waals surface area (Å²) in [7, 11) is 0. The van der Waals surface area contributed by atoms with Crippen LogP contribution in [0.2, 0.25) is 0 Å². The van der Waals surface area contributed by atoms with Crippen LogP contribution in [0.25, 0.3) is 0 Å². The Labute approximate surface area is 122 Å². The van der Waals surface area contributed by atoms with Crippen LogP contribution in [0.1, 0.15) is 26.7 Å². The van der Waals surface area contributed by atoms with Crippen molar-refractivity contribution in [2.24, 2.45) is 0 Å². The number of hydrogen-bond donors (Lipinski definition) is 1. The average molecular weight is 297 g/mol. The molecule has 0 aliphatic carbocycles. The molecule has 0 aromatic carbocycles. The summed E-state index contributed by atoms with van der Waals surface area (Å²) >= 11 is 0. The minimum atomic E-state index is -0.957. The molecule has 0 spiro atoms. The van der Waals surface area contributed by atoms with Gasteiger partial charge in [0.15, 0.2) is 0 Å². The van der Waals surface area contributed by atoms with Gasteiger partial charge in [-0.25, -0.2) is 9.69 Å². The van der Waals surface area contributed by atoms with E-state index in [9.17, 15) is 19.2 Å². The molecule has 2 heterocycles. The van der Waals surface area contributed by atoms with Gasteiger partial charge in [-0.2, -0.15) is 0 Å². The average Bonchev–Trinajstić information content (AvgIpc) is 3.00. The summed E-state index contributed by atoms with van der Waals surface area (Å²) in [6.07, 6.45) is 1.82. The molecule has 0 bridgehead atoms. The van der Waals surface area contributed by atoms with Gasteiger partial charge in [0.05, 0.1) is 6.10 Å². The first-order chi connectivity index (χ1) is 9.91. The van der Waals surface area contributed by atoms with E-state index in [0.717, 1.165) is 17.7 Å². The molecular weight excluding hydrogens is 278 g/mol. The summed E-state index contributed by atoms with van der Waals surface area (Å²) < 4.78 is 5.36. The molecule has 0 unspecified atom stereocenters. The fraction of sp³-hybridized carbons (Fsp3) is 0.692. The summed E-state index contributed by atoms with van der Waals surface area (Å²) in [6, 6.07) is -1.17. The van der Waals surface area contributed by atoms with E-state index in [4.69, 9.17) is 4.74 Å². The number of amides is 5. The van der Waals surface area contributed by atoms with Crippen molar-refractivity contribution >= 4 is 23.8 Å². The van der Waals surface area contributed by atoms with Crippen molar-refractivity contribution < 1.29 is 23.9 Å². The van der Waals surface area contributed by atoms with Crippen molar-refractivity contribution in [2.75, 3.05) is 19.7 Å². The maximum atomic E-state index is 12.0. The van der Waals surface area contributed by atoms with E-state index in [1.54, 1.807) is 13.8 Å². The van der Waals surface area contributed by atoms with Gasteiger partial charge in [-0.3, -0.25) is 19.3 Å². The summed E-state index contributed by atoms with van der Waals surface area (Å²) in [6.45, 7) is 3.84. The van der Waals surface area contributed by atoms with Gasteiger partial charge >= 0.3 is 17.8 Å². The Morgan fingerprint density at radius 1 is 1.33 bits per heavy atom. The zero-order valence-electron chi connectivity index (χ0n) is 12.1. The van der Waals surface area contributed by atoms with Crippen LogP contribution in [0.3, 0.4) is 0 Å². The smallest absolute Gasteiger partial charge is 0.334 e. The predicted octanol–water partition coefficient (Wildman–Crippen LogP) is -0.519. The first-order valence-electron chi connectivity index (χ1n) is 6.99. The van der Waals surface area contributed by atoms with Gasteiger partial charge in [0.25, 0.3) is 0 Å². The van der Waals surface area contributed by atoms with E-state index in [-0.39, 0.29) is 6.10 Å². The maximum absolute atomic E-state index is 12.0. The van der Waals surface area contributed by atoms with Gasteiger partial charge in [0.2, 0.25) is 5.91 Å². The number of urea groups is 1. The second-order valence-corrected chi connectivity index (χ2v) is 5.38. The molecular formula is C13H19N3O5. The largest absolute Gasteiger partial charge is 0.376 e. The third kappa shape index (κ3) is 3.21. The highest BCUT2D eigenvalue weighted by Crippen LogP contribution is 2.15. The lowest BCUT2D eigenvalue weighted by Crippen LogP contribution is -2.44. The Hall–Kier alpha value is -1.96. The molecule has 8 nitrogen and oxygen atoms in total. The minimum absolute atomic E-state index is 0.0206. The second kappa shape index (κ2) is 6.21. The number of nitrogens with one attached hydrogen (secondary N) is 1. The number of rotatable bonds is 5. The summed E-state index contributed by atoms with van der Waals surface area (Å²) in [5.74, 6) is -2.33. The Morgan fingerprint density at radius 3 is 2.57 bits per heavy atom. The lowest BCUT2D eigenvalue weighted by Gasteiger charge is -2.18. The third-order valence-electron chi connectivity index (χ3n) is 3.45. The predicted molar refractivity (Wildman–Crippen MR) is 71.1 cm³/mol. The van der Waals surface area contributed by atoms with Crippen LogP contribution in [0.4, 0.5) is 4.79 Å². The highest BCUT2D eigenvalue weighted by Gasteiger charge is 2.46. The summed E-state index contributed by atoms with van der Waals surface area (Å²) in [5.41, 5.74) is 0. The minimum Gasteiger partial charge on any atom is -0.376 e. The number of hydrogen-bond acceptors (Lipinski definition) is 5.